The van der Waals surface area contributed by atoms with Gasteiger partial charge < -0.3 is 15.0 Å². The van der Waals surface area contributed by atoms with Gasteiger partial charge in [-0.05, 0) is 54.8 Å². The molecule has 0 unspecified atom stereocenters. The molecule has 0 bridgehead atoms. The van der Waals surface area contributed by atoms with E-state index in [0.717, 1.165) is 29.8 Å². The summed E-state index contributed by atoms with van der Waals surface area (Å²) in [5, 5.41) is 11.3. The van der Waals surface area contributed by atoms with Crippen molar-refractivity contribution < 1.29 is 32.3 Å². The van der Waals surface area contributed by atoms with Crippen molar-refractivity contribution in [2.24, 2.45) is 5.92 Å². The number of carbonyl (C=O) groups is 3. The van der Waals surface area contributed by atoms with Crippen molar-refractivity contribution in [2.75, 3.05) is 25.0 Å². The fourth-order valence-electron chi connectivity index (χ4n) is 3.55. The fraction of sp³-hybridized carbons (Fsp3) is 0.333. The Bertz CT molecular complexity index is 1070. The first-order valence-electron chi connectivity index (χ1n) is 10.6. The molecule has 0 aromatic heterocycles. The van der Waals surface area contributed by atoms with Crippen molar-refractivity contribution in [3.63, 3.8) is 0 Å². The highest BCUT2D eigenvalue weighted by molar-refractivity contribution is 5.94. The zero-order valence-electron chi connectivity index (χ0n) is 18.1. The highest BCUT2D eigenvalue weighted by Crippen LogP contribution is 2.29. The molecule has 2 amide bonds. The minimum Gasteiger partial charge on any atom is -0.455 e. The third kappa shape index (κ3) is 6.57. The number of likely N-dealkylation sites (tertiary alicyclic amines) is 1. The van der Waals surface area contributed by atoms with Crippen LogP contribution >= 0.6 is 0 Å². The van der Waals surface area contributed by atoms with Gasteiger partial charge in [-0.3, -0.25) is 14.4 Å². The molecule has 0 atom stereocenters. The molecular formula is C24H22F3N3O4. The first-order valence-corrected chi connectivity index (χ1v) is 10.6. The number of nitriles is 1. The van der Waals surface area contributed by atoms with Gasteiger partial charge in [0.25, 0.3) is 11.8 Å². The molecule has 2 aromatic carbocycles. The molecule has 2 aromatic rings. The lowest BCUT2D eigenvalue weighted by Crippen LogP contribution is -2.41. The van der Waals surface area contributed by atoms with Gasteiger partial charge in [-0.15, -0.1) is 0 Å². The number of hydrogen-bond donors (Lipinski definition) is 1. The summed E-state index contributed by atoms with van der Waals surface area (Å²) >= 11 is 0. The monoisotopic (exact) mass is 473 g/mol. The summed E-state index contributed by atoms with van der Waals surface area (Å²) in [5.74, 6) is -1.92. The number of anilines is 1. The lowest BCUT2D eigenvalue weighted by molar-refractivity contribution is -0.152. The summed E-state index contributed by atoms with van der Waals surface area (Å²) < 4.78 is 43.1. The van der Waals surface area contributed by atoms with E-state index in [0.29, 0.717) is 18.5 Å². The highest BCUT2D eigenvalue weighted by atomic mass is 19.4. The van der Waals surface area contributed by atoms with Crippen molar-refractivity contribution in [3.05, 3.63) is 65.2 Å². The molecule has 0 saturated carbocycles. The predicted octanol–water partition coefficient (Wildman–Crippen LogP) is 3.81. The number of benzene rings is 2. The molecule has 1 heterocycles. The van der Waals surface area contributed by atoms with Crippen LogP contribution in [0.2, 0.25) is 0 Å². The quantitative estimate of drug-likeness (QED) is 0.644. The molecule has 7 nitrogen and oxygen atoms in total. The molecular weight excluding hydrogens is 451 g/mol. The molecule has 0 spiro atoms. The van der Waals surface area contributed by atoms with E-state index in [-0.39, 0.29) is 25.1 Å². The van der Waals surface area contributed by atoms with E-state index >= 15 is 0 Å². The number of rotatable bonds is 6. The molecule has 1 N–H and O–H groups in total. The SMILES string of the molecule is N#CCc1ccc(NC(=O)COC(=O)C2CCN(C(=O)c3ccc(C(F)(F)F)cc3)CC2)cc1. The van der Waals surface area contributed by atoms with Crippen LogP contribution < -0.4 is 5.32 Å². The minimum atomic E-state index is -4.47. The van der Waals surface area contributed by atoms with E-state index in [1.165, 1.54) is 4.90 Å². The van der Waals surface area contributed by atoms with Gasteiger partial charge in [-0.25, -0.2) is 0 Å². The summed E-state index contributed by atoms with van der Waals surface area (Å²) in [5.41, 5.74) is 0.643. The van der Waals surface area contributed by atoms with E-state index in [9.17, 15) is 27.6 Å². The molecule has 0 aliphatic carbocycles. The van der Waals surface area contributed by atoms with Gasteiger partial charge in [0.1, 0.15) is 0 Å². The molecule has 1 aliphatic rings. The highest BCUT2D eigenvalue weighted by Gasteiger charge is 2.32. The van der Waals surface area contributed by atoms with E-state index in [2.05, 4.69) is 5.32 Å². The Morgan fingerprint density at radius 2 is 1.65 bits per heavy atom. The van der Waals surface area contributed by atoms with Crippen LogP contribution in [0.3, 0.4) is 0 Å². The maximum atomic E-state index is 12.7. The lowest BCUT2D eigenvalue weighted by atomic mass is 9.96. The minimum absolute atomic E-state index is 0.145. The van der Waals surface area contributed by atoms with Crippen LogP contribution in [-0.4, -0.2) is 42.4 Å². The maximum Gasteiger partial charge on any atom is 0.416 e. The van der Waals surface area contributed by atoms with E-state index in [1.54, 1.807) is 24.3 Å². The van der Waals surface area contributed by atoms with Gasteiger partial charge in [0.05, 0.1) is 24.0 Å². The second-order valence-corrected chi connectivity index (χ2v) is 7.83. The second kappa shape index (κ2) is 10.8. The summed E-state index contributed by atoms with van der Waals surface area (Å²) in [6, 6.07) is 12.8. The number of piperidine rings is 1. The van der Waals surface area contributed by atoms with Crippen LogP contribution in [-0.2, 0) is 26.9 Å². The third-order valence-electron chi connectivity index (χ3n) is 5.44. The summed E-state index contributed by atoms with van der Waals surface area (Å²) in [6.07, 6.45) is -3.55. The van der Waals surface area contributed by atoms with Gasteiger partial charge in [0.2, 0.25) is 0 Å². The second-order valence-electron chi connectivity index (χ2n) is 7.83. The fourth-order valence-corrected chi connectivity index (χ4v) is 3.55. The molecule has 34 heavy (non-hydrogen) atoms. The Labute approximate surface area is 194 Å². The number of nitrogens with one attached hydrogen (secondary N) is 1. The Morgan fingerprint density at radius 1 is 1.03 bits per heavy atom. The Morgan fingerprint density at radius 3 is 2.21 bits per heavy atom. The zero-order chi connectivity index (χ0) is 24.7. The normalized spacial score (nSPS) is 14.2. The molecule has 0 radical (unpaired) electrons. The molecule has 178 valence electrons. The third-order valence-corrected chi connectivity index (χ3v) is 5.44. The number of esters is 1. The van der Waals surface area contributed by atoms with E-state index < -0.39 is 42.0 Å². The van der Waals surface area contributed by atoms with Crippen LogP contribution in [0.1, 0.15) is 34.3 Å². The largest absolute Gasteiger partial charge is 0.455 e. The van der Waals surface area contributed by atoms with Gasteiger partial charge in [0, 0.05) is 24.3 Å². The smallest absolute Gasteiger partial charge is 0.416 e. The van der Waals surface area contributed by atoms with Gasteiger partial charge in [-0.1, -0.05) is 12.1 Å². The van der Waals surface area contributed by atoms with Gasteiger partial charge in [0.15, 0.2) is 6.61 Å². The number of hydrogen-bond acceptors (Lipinski definition) is 5. The number of alkyl halides is 3. The Hall–Kier alpha value is -3.87. The predicted molar refractivity (Wildman–Crippen MR) is 115 cm³/mol. The summed E-state index contributed by atoms with van der Waals surface area (Å²) in [7, 11) is 0. The van der Waals surface area contributed by atoms with Crippen molar-refractivity contribution >= 4 is 23.5 Å². The number of ether oxygens (including phenoxy) is 1. The number of halogens is 3. The summed E-state index contributed by atoms with van der Waals surface area (Å²) in [4.78, 5) is 38.4. The average Bonchev–Trinajstić information content (AvgIpc) is 2.83. The topological polar surface area (TPSA) is 99.5 Å². The zero-order valence-corrected chi connectivity index (χ0v) is 18.1. The first-order chi connectivity index (χ1) is 16.2. The molecule has 3 rings (SSSR count). The van der Waals surface area contributed by atoms with Gasteiger partial charge >= 0.3 is 12.1 Å². The number of amides is 2. The summed E-state index contributed by atoms with van der Waals surface area (Å²) in [6.45, 7) is 0.0468. The van der Waals surface area contributed by atoms with E-state index in [1.807, 2.05) is 6.07 Å². The Kier molecular flexibility index (Phi) is 7.89. The Balaban J connectivity index is 1.43. The maximum absolute atomic E-state index is 12.7. The molecule has 1 aliphatic heterocycles. The molecule has 10 heteroatoms. The van der Waals surface area contributed by atoms with Crippen molar-refractivity contribution in [3.8, 4) is 6.07 Å². The average molecular weight is 473 g/mol. The van der Waals surface area contributed by atoms with Crippen LogP contribution in [0.15, 0.2) is 48.5 Å². The van der Waals surface area contributed by atoms with Crippen LogP contribution in [0.25, 0.3) is 0 Å². The van der Waals surface area contributed by atoms with Crippen molar-refractivity contribution in [1.82, 2.24) is 4.90 Å². The van der Waals surface area contributed by atoms with E-state index in [4.69, 9.17) is 10.00 Å². The number of nitrogens with zero attached hydrogens (tertiary/aromatic N) is 2. The molecule has 1 saturated heterocycles. The first kappa shape index (κ1) is 24.8. The van der Waals surface area contributed by atoms with Crippen LogP contribution in [0, 0.1) is 17.2 Å². The van der Waals surface area contributed by atoms with Crippen LogP contribution in [0.5, 0.6) is 0 Å². The molecule has 1 fully saturated rings. The van der Waals surface area contributed by atoms with Gasteiger partial charge in [-0.2, -0.15) is 18.4 Å². The van der Waals surface area contributed by atoms with Crippen molar-refractivity contribution in [2.45, 2.75) is 25.4 Å². The number of carbonyl (C=O) groups excluding carboxylic acids is 3. The van der Waals surface area contributed by atoms with Crippen molar-refractivity contribution in [1.29, 1.82) is 5.26 Å². The lowest BCUT2D eigenvalue weighted by Gasteiger charge is -2.31. The van der Waals surface area contributed by atoms with Crippen LogP contribution in [0.4, 0.5) is 18.9 Å². The standard InChI is InChI=1S/C24H22F3N3O4/c25-24(26,27)19-5-3-17(4-6-19)22(32)30-13-10-18(11-14-30)23(33)34-15-21(31)29-20-7-1-16(2-8-20)9-12-28/h1-8,18H,9-11,13-15H2,(H,29,31).